The van der Waals surface area contributed by atoms with Crippen LogP contribution in [0, 0.1) is 0 Å². The first-order chi connectivity index (χ1) is 7.31. The normalized spacial score (nSPS) is 10.5. The average Bonchev–Trinajstić information content (AvgIpc) is 2.69. The zero-order chi connectivity index (χ0) is 10.7. The van der Waals surface area contributed by atoms with Gasteiger partial charge in [0.05, 0.1) is 6.42 Å². The van der Waals surface area contributed by atoms with Crippen LogP contribution in [-0.2, 0) is 15.4 Å². The Morgan fingerprint density at radius 1 is 1.40 bits per heavy atom. The number of benzene rings is 1. The van der Waals surface area contributed by atoms with Gasteiger partial charge in [-0.05, 0) is 18.1 Å². The number of para-hydroxylation sites is 1. The predicted molar refractivity (Wildman–Crippen MR) is 61.7 cm³/mol. The number of rotatable bonds is 3. The van der Waals surface area contributed by atoms with E-state index >= 15 is 0 Å². The van der Waals surface area contributed by atoms with Crippen LogP contribution in [0.4, 0.5) is 0 Å². The highest BCUT2D eigenvalue weighted by molar-refractivity contribution is 7.75. The third-order valence-corrected chi connectivity index (χ3v) is 2.58. The SMILES string of the molecule is O=C(CCc1c[nH]c2ccccc12)OS. The summed E-state index contributed by atoms with van der Waals surface area (Å²) in [6, 6.07) is 8.00. The van der Waals surface area contributed by atoms with Gasteiger partial charge in [0.2, 0.25) is 0 Å². The molecular formula is C11H11NO2S. The summed E-state index contributed by atoms with van der Waals surface area (Å²) in [4.78, 5) is 14.1. The van der Waals surface area contributed by atoms with Crippen LogP contribution in [-0.4, -0.2) is 11.0 Å². The lowest BCUT2D eigenvalue weighted by molar-refractivity contribution is -0.132. The molecule has 0 spiro atoms. The summed E-state index contributed by atoms with van der Waals surface area (Å²) >= 11 is 3.46. The first-order valence-corrected chi connectivity index (χ1v) is 5.07. The van der Waals surface area contributed by atoms with Crippen LogP contribution in [0.5, 0.6) is 0 Å². The van der Waals surface area contributed by atoms with Crippen LogP contribution in [0.3, 0.4) is 0 Å². The smallest absolute Gasteiger partial charge is 0.317 e. The number of fused-ring (bicyclic) bond motifs is 1. The first kappa shape index (κ1) is 10.1. The molecule has 1 aromatic heterocycles. The number of carbonyl (C=O) groups excluding carboxylic acids is 1. The molecule has 0 unspecified atom stereocenters. The van der Waals surface area contributed by atoms with Gasteiger partial charge in [-0.3, -0.25) is 4.79 Å². The van der Waals surface area contributed by atoms with Crippen LogP contribution in [0.25, 0.3) is 10.9 Å². The van der Waals surface area contributed by atoms with Crippen molar-refractivity contribution in [3.05, 3.63) is 36.0 Å². The zero-order valence-corrected chi connectivity index (χ0v) is 8.96. The van der Waals surface area contributed by atoms with Crippen molar-refractivity contribution in [1.29, 1.82) is 0 Å². The van der Waals surface area contributed by atoms with Gasteiger partial charge >= 0.3 is 5.97 Å². The molecule has 78 valence electrons. The lowest BCUT2D eigenvalue weighted by Crippen LogP contribution is -1.98. The standard InChI is InChI=1S/C11H11NO2S/c13-11(14-15)6-5-8-7-12-10-4-2-1-3-9(8)10/h1-4,7,12,15H,5-6H2. The van der Waals surface area contributed by atoms with Crippen LogP contribution in [0.15, 0.2) is 30.5 Å². The van der Waals surface area contributed by atoms with Gasteiger partial charge in [-0.1, -0.05) is 18.2 Å². The molecule has 0 amide bonds. The maximum Gasteiger partial charge on any atom is 0.317 e. The van der Waals surface area contributed by atoms with E-state index in [0.717, 1.165) is 16.5 Å². The Hall–Kier alpha value is -1.42. The molecule has 0 radical (unpaired) electrons. The van der Waals surface area contributed by atoms with Gasteiger partial charge in [0.1, 0.15) is 0 Å². The minimum absolute atomic E-state index is 0.302. The summed E-state index contributed by atoms with van der Waals surface area (Å²) in [5.74, 6) is -0.302. The fourth-order valence-electron chi connectivity index (χ4n) is 1.62. The summed E-state index contributed by atoms with van der Waals surface area (Å²) < 4.78 is 4.31. The molecule has 0 saturated carbocycles. The number of carbonyl (C=O) groups is 1. The van der Waals surface area contributed by atoms with E-state index < -0.39 is 0 Å². The molecule has 0 aliphatic rings. The van der Waals surface area contributed by atoms with Crippen molar-refractivity contribution in [2.24, 2.45) is 0 Å². The average molecular weight is 221 g/mol. The van der Waals surface area contributed by atoms with Gasteiger partial charge in [-0.15, -0.1) is 0 Å². The van der Waals surface area contributed by atoms with Crippen molar-refractivity contribution in [2.45, 2.75) is 12.8 Å². The topological polar surface area (TPSA) is 42.1 Å². The molecule has 15 heavy (non-hydrogen) atoms. The van der Waals surface area contributed by atoms with E-state index in [1.165, 1.54) is 0 Å². The minimum atomic E-state index is -0.302. The fraction of sp³-hybridized carbons (Fsp3) is 0.182. The number of aromatic nitrogens is 1. The molecule has 2 aromatic rings. The van der Waals surface area contributed by atoms with Crippen molar-refractivity contribution in [1.82, 2.24) is 4.98 Å². The molecule has 4 heteroatoms. The molecule has 1 aromatic carbocycles. The highest BCUT2D eigenvalue weighted by Gasteiger charge is 2.06. The lowest BCUT2D eigenvalue weighted by Gasteiger charge is -1.97. The third kappa shape index (κ3) is 2.15. The van der Waals surface area contributed by atoms with E-state index in [1.807, 2.05) is 30.5 Å². The lowest BCUT2D eigenvalue weighted by atomic mass is 10.1. The van der Waals surface area contributed by atoms with Gasteiger partial charge in [-0.2, -0.15) is 0 Å². The van der Waals surface area contributed by atoms with E-state index in [2.05, 4.69) is 22.1 Å². The van der Waals surface area contributed by atoms with Gasteiger partial charge in [-0.25, -0.2) is 0 Å². The van der Waals surface area contributed by atoms with Crippen molar-refractivity contribution < 1.29 is 8.98 Å². The molecular weight excluding hydrogens is 210 g/mol. The Balaban J connectivity index is 2.18. The molecule has 0 aliphatic heterocycles. The highest BCUT2D eigenvalue weighted by atomic mass is 32.1. The van der Waals surface area contributed by atoms with E-state index in [-0.39, 0.29) is 5.97 Å². The summed E-state index contributed by atoms with van der Waals surface area (Å²) in [7, 11) is 0. The van der Waals surface area contributed by atoms with Crippen LogP contribution < -0.4 is 0 Å². The molecule has 2 rings (SSSR count). The van der Waals surface area contributed by atoms with E-state index in [1.54, 1.807) is 0 Å². The third-order valence-electron chi connectivity index (χ3n) is 2.38. The predicted octanol–water partition coefficient (Wildman–Crippen LogP) is 2.49. The Bertz CT molecular complexity index is 478. The Kier molecular flexibility index (Phi) is 2.97. The Morgan fingerprint density at radius 3 is 3.00 bits per heavy atom. The summed E-state index contributed by atoms with van der Waals surface area (Å²) in [6.07, 6.45) is 2.95. The molecule has 0 saturated heterocycles. The number of hydrogen-bond donors (Lipinski definition) is 2. The number of hydrogen-bond acceptors (Lipinski definition) is 3. The number of thiol groups is 1. The molecule has 0 bridgehead atoms. The first-order valence-electron chi connectivity index (χ1n) is 4.70. The molecule has 1 N–H and O–H groups in total. The van der Waals surface area contributed by atoms with Crippen molar-refractivity contribution in [2.75, 3.05) is 0 Å². The minimum Gasteiger partial charge on any atom is -0.395 e. The Labute approximate surface area is 93.1 Å². The largest absolute Gasteiger partial charge is 0.395 e. The fourth-order valence-corrected chi connectivity index (χ4v) is 1.71. The quantitative estimate of drug-likeness (QED) is 0.617. The molecule has 0 atom stereocenters. The second-order valence-electron chi connectivity index (χ2n) is 3.32. The molecule has 3 nitrogen and oxygen atoms in total. The van der Waals surface area contributed by atoms with Crippen LogP contribution >= 0.6 is 12.9 Å². The summed E-state index contributed by atoms with van der Waals surface area (Å²) in [6.45, 7) is 0. The molecule has 0 aliphatic carbocycles. The van der Waals surface area contributed by atoms with Gasteiger partial charge < -0.3 is 9.17 Å². The number of aryl methyl sites for hydroxylation is 1. The molecule has 0 fully saturated rings. The zero-order valence-electron chi connectivity index (χ0n) is 8.06. The van der Waals surface area contributed by atoms with E-state index in [4.69, 9.17) is 0 Å². The molecule has 1 heterocycles. The summed E-state index contributed by atoms with van der Waals surface area (Å²) in [5.41, 5.74) is 2.22. The second kappa shape index (κ2) is 4.40. The van der Waals surface area contributed by atoms with Gasteiger partial charge in [0, 0.05) is 30.0 Å². The summed E-state index contributed by atoms with van der Waals surface area (Å²) in [5, 5.41) is 1.16. The number of aromatic amines is 1. The second-order valence-corrected chi connectivity index (χ2v) is 3.51. The number of H-pyrrole nitrogens is 1. The monoisotopic (exact) mass is 221 g/mol. The Morgan fingerprint density at radius 2 is 2.20 bits per heavy atom. The number of nitrogens with one attached hydrogen (secondary N) is 1. The highest BCUT2D eigenvalue weighted by Crippen LogP contribution is 2.19. The van der Waals surface area contributed by atoms with Crippen LogP contribution in [0.2, 0.25) is 0 Å². The van der Waals surface area contributed by atoms with E-state index in [0.29, 0.717) is 12.8 Å². The van der Waals surface area contributed by atoms with Crippen molar-refractivity contribution in [3.63, 3.8) is 0 Å². The van der Waals surface area contributed by atoms with Gasteiger partial charge in [0.15, 0.2) is 0 Å². The van der Waals surface area contributed by atoms with Crippen LogP contribution in [0.1, 0.15) is 12.0 Å². The maximum absolute atomic E-state index is 10.9. The van der Waals surface area contributed by atoms with E-state index in [9.17, 15) is 4.79 Å². The van der Waals surface area contributed by atoms with Gasteiger partial charge in [0.25, 0.3) is 0 Å². The maximum atomic E-state index is 10.9. The van der Waals surface area contributed by atoms with Crippen molar-refractivity contribution in [3.8, 4) is 0 Å². The van der Waals surface area contributed by atoms with Crippen molar-refractivity contribution >= 4 is 29.8 Å².